The van der Waals surface area contributed by atoms with Crippen molar-refractivity contribution in [3.63, 3.8) is 0 Å². The standard InChI is InChI=1S/C23H29F3N4O3/c1-2-16(20(31)22-30-17-10-6-7-11-19(17)33-22)29-21(32)18(12-15-8-4-3-5-9-15)28-14-27-13-23(24,25)26/h6-7,10-11,14-16,18H,2-5,8-9,12-13H2,1H3,(H,27,28)(H,29,32). The fourth-order valence-electron chi connectivity index (χ4n) is 4.05. The van der Waals surface area contributed by atoms with Gasteiger partial charge in [-0.3, -0.25) is 14.6 Å². The van der Waals surface area contributed by atoms with Gasteiger partial charge in [0.05, 0.1) is 12.4 Å². The third-order valence-corrected chi connectivity index (χ3v) is 5.79. The number of Topliss-reactive ketones (excluding diaryl/α,β-unsaturated/α-hetero) is 1. The third-order valence-electron chi connectivity index (χ3n) is 5.79. The SMILES string of the molecule is CCC(NC(=O)C(CC1CCCCC1)N/C=N/CC(F)(F)F)C(=O)c1nc2ccccc2o1. The quantitative estimate of drug-likeness (QED) is 0.307. The lowest BCUT2D eigenvalue weighted by atomic mass is 9.84. The molecule has 2 unspecified atom stereocenters. The Kier molecular flexibility index (Phi) is 8.46. The average molecular weight is 467 g/mol. The predicted molar refractivity (Wildman–Crippen MR) is 118 cm³/mol. The first-order chi connectivity index (χ1) is 15.8. The number of halogens is 3. The van der Waals surface area contributed by atoms with E-state index in [0.29, 0.717) is 23.9 Å². The molecule has 1 aliphatic carbocycles. The summed E-state index contributed by atoms with van der Waals surface area (Å²) in [6.45, 7) is 0.422. The van der Waals surface area contributed by atoms with E-state index >= 15 is 0 Å². The first kappa shape index (κ1) is 24.7. The molecule has 10 heteroatoms. The Labute approximate surface area is 190 Å². The van der Waals surface area contributed by atoms with E-state index in [0.717, 1.165) is 38.4 Å². The summed E-state index contributed by atoms with van der Waals surface area (Å²) < 4.78 is 42.7. The van der Waals surface area contributed by atoms with Crippen molar-refractivity contribution in [2.24, 2.45) is 10.9 Å². The lowest BCUT2D eigenvalue weighted by Crippen LogP contribution is -2.50. The number of aromatic nitrogens is 1. The van der Waals surface area contributed by atoms with Crippen molar-refractivity contribution in [3.8, 4) is 0 Å². The minimum Gasteiger partial charge on any atom is -0.434 e. The topological polar surface area (TPSA) is 96.6 Å². The van der Waals surface area contributed by atoms with E-state index in [-0.39, 0.29) is 11.8 Å². The number of nitrogens with one attached hydrogen (secondary N) is 2. The van der Waals surface area contributed by atoms with Gasteiger partial charge in [-0.15, -0.1) is 0 Å². The van der Waals surface area contributed by atoms with Gasteiger partial charge in [-0.25, -0.2) is 4.98 Å². The smallest absolute Gasteiger partial charge is 0.408 e. The Balaban J connectivity index is 1.68. The van der Waals surface area contributed by atoms with Crippen molar-refractivity contribution >= 4 is 29.1 Å². The van der Waals surface area contributed by atoms with E-state index < -0.39 is 36.5 Å². The first-order valence-electron chi connectivity index (χ1n) is 11.3. The van der Waals surface area contributed by atoms with Crippen molar-refractivity contribution in [1.82, 2.24) is 15.6 Å². The molecule has 0 bridgehead atoms. The van der Waals surface area contributed by atoms with Gasteiger partial charge >= 0.3 is 6.18 Å². The minimum atomic E-state index is -4.42. The number of nitrogens with zero attached hydrogens (tertiary/aromatic N) is 2. The third kappa shape index (κ3) is 7.30. The molecule has 0 aliphatic heterocycles. The summed E-state index contributed by atoms with van der Waals surface area (Å²) in [4.78, 5) is 33.5. The number of para-hydroxylation sites is 2. The number of rotatable bonds is 10. The molecule has 1 heterocycles. The second-order valence-corrected chi connectivity index (χ2v) is 8.36. The number of fused-ring (bicyclic) bond motifs is 1. The van der Waals surface area contributed by atoms with Crippen molar-refractivity contribution < 1.29 is 27.2 Å². The van der Waals surface area contributed by atoms with E-state index in [9.17, 15) is 22.8 Å². The van der Waals surface area contributed by atoms with Gasteiger partial charge < -0.3 is 15.1 Å². The zero-order valence-corrected chi connectivity index (χ0v) is 18.5. The molecular formula is C23H29F3N4O3. The summed E-state index contributed by atoms with van der Waals surface area (Å²) in [5.41, 5.74) is 1.01. The summed E-state index contributed by atoms with van der Waals surface area (Å²) in [7, 11) is 0. The molecule has 1 aromatic carbocycles. The van der Waals surface area contributed by atoms with E-state index in [2.05, 4.69) is 20.6 Å². The number of amides is 1. The molecular weight excluding hydrogens is 437 g/mol. The van der Waals surface area contributed by atoms with E-state index in [4.69, 9.17) is 4.42 Å². The van der Waals surface area contributed by atoms with Crippen LogP contribution in [0.2, 0.25) is 0 Å². The van der Waals surface area contributed by atoms with Crippen LogP contribution in [-0.4, -0.2) is 47.8 Å². The van der Waals surface area contributed by atoms with Crippen molar-refractivity contribution in [2.75, 3.05) is 6.54 Å². The Bertz CT molecular complexity index is 934. The van der Waals surface area contributed by atoms with E-state index in [1.165, 1.54) is 0 Å². The number of ketones is 1. The molecule has 0 radical (unpaired) electrons. The van der Waals surface area contributed by atoms with Crippen LogP contribution in [0.25, 0.3) is 11.1 Å². The highest BCUT2D eigenvalue weighted by Gasteiger charge is 2.30. The fraction of sp³-hybridized carbons (Fsp3) is 0.565. The molecule has 7 nitrogen and oxygen atoms in total. The van der Waals surface area contributed by atoms with Crippen LogP contribution >= 0.6 is 0 Å². The zero-order chi connectivity index (χ0) is 23.8. The number of carbonyl (C=O) groups excluding carboxylic acids is 2. The van der Waals surface area contributed by atoms with Gasteiger partial charge in [-0.1, -0.05) is 51.2 Å². The molecule has 1 aromatic heterocycles. The van der Waals surface area contributed by atoms with Gasteiger partial charge in [-0.05, 0) is 30.9 Å². The van der Waals surface area contributed by atoms with Gasteiger partial charge in [0.25, 0.3) is 5.89 Å². The normalized spacial score (nSPS) is 17.2. The number of hydrogen-bond donors (Lipinski definition) is 2. The number of alkyl halides is 3. The zero-order valence-electron chi connectivity index (χ0n) is 18.5. The van der Waals surface area contributed by atoms with Crippen LogP contribution in [0.1, 0.15) is 62.6 Å². The largest absolute Gasteiger partial charge is 0.434 e. The van der Waals surface area contributed by atoms with Crippen molar-refractivity contribution in [3.05, 3.63) is 30.2 Å². The Morgan fingerprint density at radius 2 is 1.94 bits per heavy atom. The maximum Gasteiger partial charge on any atom is 0.408 e. The number of carbonyl (C=O) groups is 2. The maximum atomic E-state index is 13.0. The van der Waals surface area contributed by atoms with E-state index in [1.54, 1.807) is 31.2 Å². The molecule has 2 atom stereocenters. The molecule has 2 aromatic rings. The van der Waals surface area contributed by atoms with Crippen LogP contribution in [0.4, 0.5) is 13.2 Å². The molecule has 1 saturated carbocycles. The van der Waals surface area contributed by atoms with Crippen LogP contribution in [-0.2, 0) is 4.79 Å². The Hall–Kier alpha value is -2.91. The van der Waals surface area contributed by atoms with Gasteiger partial charge in [0, 0.05) is 0 Å². The minimum absolute atomic E-state index is 0.0909. The highest BCUT2D eigenvalue weighted by atomic mass is 19.4. The molecule has 33 heavy (non-hydrogen) atoms. The second kappa shape index (κ2) is 11.3. The summed E-state index contributed by atoms with van der Waals surface area (Å²) in [5.74, 6) is -0.725. The van der Waals surface area contributed by atoms with Crippen LogP contribution in [0.5, 0.6) is 0 Å². The number of benzene rings is 1. The highest BCUT2D eigenvalue weighted by Crippen LogP contribution is 2.27. The van der Waals surface area contributed by atoms with Crippen molar-refractivity contribution in [2.45, 2.75) is 70.1 Å². The molecule has 180 valence electrons. The van der Waals surface area contributed by atoms with E-state index in [1.807, 2.05) is 0 Å². The van der Waals surface area contributed by atoms with Crippen LogP contribution in [0.3, 0.4) is 0 Å². The molecule has 0 saturated heterocycles. The fourth-order valence-corrected chi connectivity index (χ4v) is 4.05. The molecule has 3 rings (SSSR count). The maximum absolute atomic E-state index is 13.0. The summed E-state index contributed by atoms with van der Waals surface area (Å²) in [5, 5.41) is 5.44. The van der Waals surface area contributed by atoms with Crippen LogP contribution in [0, 0.1) is 5.92 Å². The monoisotopic (exact) mass is 466 g/mol. The molecule has 0 spiro atoms. The summed E-state index contributed by atoms with van der Waals surface area (Å²) in [6, 6.07) is 5.30. The van der Waals surface area contributed by atoms with Crippen LogP contribution in [0.15, 0.2) is 33.7 Å². The molecule has 2 N–H and O–H groups in total. The molecule has 1 aliphatic rings. The molecule has 1 fully saturated rings. The Morgan fingerprint density at radius 3 is 2.61 bits per heavy atom. The predicted octanol–water partition coefficient (Wildman–Crippen LogP) is 4.42. The van der Waals surface area contributed by atoms with Crippen molar-refractivity contribution in [1.29, 1.82) is 0 Å². The number of aliphatic imine (C=N–C) groups is 1. The highest BCUT2D eigenvalue weighted by molar-refractivity contribution is 6.00. The van der Waals surface area contributed by atoms with Gasteiger partial charge in [0.2, 0.25) is 11.7 Å². The summed E-state index contributed by atoms with van der Waals surface area (Å²) >= 11 is 0. The lowest BCUT2D eigenvalue weighted by molar-refractivity contribution is -0.123. The number of oxazole rings is 1. The first-order valence-corrected chi connectivity index (χ1v) is 11.3. The van der Waals surface area contributed by atoms with Gasteiger partial charge in [0.1, 0.15) is 18.1 Å². The number of hydrogen-bond acceptors (Lipinski definition) is 5. The van der Waals surface area contributed by atoms with Gasteiger partial charge in [0.15, 0.2) is 5.58 Å². The lowest BCUT2D eigenvalue weighted by Gasteiger charge is -2.27. The van der Waals surface area contributed by atoms with Crippen LogP contribution < -0.4 is 10.6 Å². The molecule has 1 amide bonds. The Morgan fingerprint density at radius 1 is 1.21 bits per heavy atom. The second-order valence-electron chi connectivity index (χ2n) is 8.36. The summed E-state index contributed by atoms with van der Waals surface area (Å²) in [6.07, 6.45) is 2.48. The average Bonchev–Trinajstić information content (AvgIpc) is 3.23. The van der Waals surface area contributed by atoms with Gasteiger partial charge in [-0.2, -0.15) is 13.2 Å².